The standard InChI is InChI=1S/C15H13NO4/c1-20-15-10-13(16(18)19)8-7-12(15)9-14(17)11-5-3-2-4-6-11/h2-8,10H,9H2,1H3. The summed E-state index contributed by atoms with van der Waals surface area (Å²) in [6.45, 7) is 0. The first-order valence-electron chi connectivity index (χ1n) is 6.01. The number of nitrogens with zero attached hydrogens (tertiary/aromatic N) is 1. The van der Waals surface area contributed by atoms with Crippen molar-refractivity contribution in [2.45, 2.75) is 6.42 Å². The summed E-state index contributed by atoms with van der Waals surface area (Å²) in [5.74, 6) is 0.293. The van der Waals surface area contributed by atoms with Gasteiger partial charge in [0.15, 0.2) is 5.78 Å². The van der Waals surface area contributed by atoms with Crippen LogP contribution in [0, 0.1) is 10.1 Å². The minimum Gasteiger partial charge on any atom is -0.496 e. The second-order valence-corrected chi connectivity index (χ2v) is 4.22. The van der Waals surface area contributed by atoms with Crippen LogP contribution >= 0.6 is 0 Å². The Bertz CT molecular complexity index is 638. The molecule has 0 atom stereocenters. The number of benzene rings is 2. The summed E-state index contributed by atoms with van der Waals surface area (Å²) in [5.41, 5.74) is 1.18. The minimum atomic E-state index is -0.495. The number of hydrogen-bond acceptors (Lipinski definition) is 4. The van der Waals surface area contributed by atoms with Gasteiger partial charge in [0.2, 0.25) is 0 Å². The number of nitro benzene ring substituents is 1. The summed E-state index contributed by atoms with van der Waals surface area (Å²) >= 11 is 0. The van der Waals surface area contributed by atoms with Crippen molar-refractivity contribution in [2.24, 2.45) is 0 Å². The van der Waals surface area contributed by atoms with Crippen LogP contribution in [0.4, 0.5) is 5.69 Å². The molecule has 0 heterocycles. The van der Waals surface area contributed by atoms with Gasteiger partial charge in [-0.05, 0) is 6.07 Å². The number of carbonyl (C=O) groups excluding carboxylic acids is 1. The number of ether oxygens (including phenoxy) is 1. The lowest BCUT2D eigenvalue weighted by Crippen LogP contribution is -2.05. The maximum Gasteiger partial charge on any atom is 0.273 e. The molecule has 5 heteroatoms. The molecule has 0 aromatic heterocycles. The van der Waals surface area contributed by atoms with E-state index >= 15 is 0 Å². The van der Waals surface area contributed by atoms with Crippen LogP contribution in [0.3, 0.4) is 0 Å². The quantitative estimate of drug-likeness (QED) is 0.476. The zero-order chi connectivity index (χ0) is 14.5. The Labute approximate surface area is 116 Å². The van der Waals surface area contributed by atoms with Gasteiger partial charge in [-0.1, -0.05) is 30.3 Å². The Hall–Kier alpha value is -2.69. The van der Waals surface area contributed by atoms with Gasteiger partial charge < -0.3 is 4.74 Å². The van der Waals surface area contributed by atoms with Crippen molar-refractivity contribution in [3.63, 3.8) is 0 Å². The van der Waals surface area contributed by atoms with E-state index in [2.05, 4.69) is 0 Å². The van der Waals surface area contributed by atoms with Crippen molar-refractivity contribution < 1.29 is 14.5 Å². The van der Waals surface area contributed by atoms with E-state index in [4.69, 9.17) is 4.74 Å². The van der Waals surface area contributed by atoms with E-state index in [1.54, 1.807) is 30.3 Å². The first kappa shape index (κ1) is 13.7. The van der Waals surface area contributed by atoms with Crippen molar-refractivity contribution in [2.75, 3.05) is 7.11 Å². The highest BCUT2D eigenvalue weighted by molar-refractivity contribution is 5.97. The normalized spacial score (nSPS) is 10.1. The summed E-state index contributed by atoms with van der Waals surface area (Å²) in [5, 5.41) is 10.7. The van der Waals surface area contributed by atoms with E-state index < -0.39 is 4.92 Å². The van der Waals surface area contributed by atoms with Crippen molar-refractivity contribution in [1.29, 1.82) is 0 Å². The summed E-state index contributed by atoms with van der Waals surface area (Å²) in [6, 6.07) is 13.1. The molecule has 0 spiro atoms. The molecule has 0 radical (unpaired) electrons. The van der Waals surface area contributed by atoms with Gasteiger partial charge >= 0.3 is 0 Å². The van der Waals surface area contributed by atoms with E-state index in [-0.39, 0.29) is 17.9 Å². The number of carbonyl (C=O) groups is 1. The summed E-state index contributed by atoms with van der Waals surface area (Å²) in [6.07, 6.45) is 0.144. The Morgan fingerprint density at radius 3 is 2.50 bits per heavy atom. The predicted molar refractivity (Wildman–Crippen MR) is 74.1 cm³/mol. The molecule has 0 unspecified atom stereocenters. The number of Topliss-reactive ketones (excluding diaryl/α,β-unsaturated/α-hetero) is 1. The second-order valence-electron chi connectivity index (χ2n) is 4.22. The van der Waals surface area contributed by atoms with E-state index in [1.807, 2.05) is 6.07 Å². The number of methoxy groups -OCH3 is 1. The summed E-state index contributed by atoms with van der Waals surface area (Å²) in [4.78, 5) is 22.3. The third-order valence-electron chi connectivity index (χ3n) is 2.93. The van der Waals surface area contributed by atoms with Crippen LogP contribution in [-0.2, 0) is 6.42 Å². The molecule has 0 fully saturated rings. The molecule has 0 bridgehead atoms. The predicted octanol–water partition coefficient (Wildman–Crippen LogP) is 3.03. The molecule has 0 N–H and O–H groups in total. The van der Waals surface area contributed by atoms with Crippen molar-refractivity contribution in [3.05, 3.63) is 69.8 Å². The fourth-order valence-electron chi connectivity index (χ4n) is 1.89. The van der Waals surface area contributed by atoms with Crippen molar-refractivity contribution in [1.82, 2.24) is 0 Å². The highest BCUT2D eigenvalue weighted by atomic mass is 16.6. The van der Waals surface area contributed by atoms with Crippen molar-refractivity contribution >= 4 is 11.5 Å². The average molecular weight is 271 g/mol. The van der Waals surface area contributed by atoms with Crippen molar-refractivity contribution in [3.8, 4) is 5.75 Å². The van der Waals surface area contributed by atoms with E-state index in [1.165, 1.54) is 19.2 Å². The van der Waals surface area contributed by atoms with Gasteiger partial charge in [-0.3, -0.25) is 14.9 Å². The van der Waals surface area contributed by atoms with Gasteiger partial charge in [-0.2, -0.15) is 0 Å². The number of ketones is 1. The van der Waals surface area contributed by atoms with Crippen LogP contribution in [0.15, 0.2) is 48.5 Å². The van der Waals surface area contributed by atoms with Crippen LogP contribution in [0.25, 0.3) is 0 Å². The Kier molecular flexibility index (Phi) is 4.10. The Balaban J connectivity index is 2.25. The van der Waals surface area contributed by atoms with Crippen LogP contribution in [0.2, 0.25) is 0 Å². The average Bonchev–Trinajstić information content (AvgIpc) is 2.48. The molecule has 5 nitrogen and oxygen atoms in total. The third kappa shape index (κ3) is 3.00. The maximum atomic E-state index is 12.1. The third-order valence-corrected chi connectivity index (χ3v) is 2.93. The fraction of sp³-hybridized carbons (Fsp3) is 0.133. The molecule has 0 aliphatic heterocycles. The minimum absolute atomic E-state index is 0.0576. The first-order chi connectivity index (χ1) is 9.61. The Morgan fingerprint density at radius 2 is 1.90 bits per heavy atom. The largest absolute Gasteiger partial charge is 0.496 e. The molecular formula is C15H13NO4. The fourth-order valence-corrected chi connectivity index (χ4v) is 1.89. The molecule has 20 heavy (non-hydrogen) atoms. The van der Waals surface area contributed by atoms with E-state index in [0.717, 1.165) is 0 Å². The molecule has 0 aliphatic rings. The molecule has 0 aliphatic carbocycles. The van der Waals surface area contributed by atoms with Crippen LogP contribution in [0.5, 0.6) is 5.75 Å². The molecule has 2 aromatic rings. The van der Waals surface area contributed by atoms with Gasteiger partial charge in [-0.15, -0.1) is 0 Å². The van der Waals surface area contributed by atoms with Gasteiger partial charge in [0.1, 0.15) is 5.75 Å². The first-order valence-corrected chi connectivity index (χ1v) is 6.01. The molecule has 2 rings (SSSR count). The molecule has 0 saturated carbocycles. The second kappa shape index (κ2) is 5.97. The summed E-state index contributed by atoms with van der Waals surface area (Å²) in [7, 11) is 1.43. The number of rotatable bonds is 5. The molecular weight excluding hydrogens is 258 g/mol. The lowest BCUT2D eigenvalue weighted by atomic mass is 10.0. The lowest BCUT2D eigenvalue weighted by Gasteiger charge is -2.07. The maximum absolute atomic E-state index is 12.1. The van der Waals surface area contributed by atoms with Crippen LogP contribution in [-0.4, -0.2) is 17.8 Å². The smallest absolute Gasteiger partial charge is 0.273 e. The Morgan fingerprint density at radius 1 is 1.20 bits per heavy atom. The SMILES string of the molecule is COc1cc([N+](=O)[O-])ccc1CC(=O)c1ccccc1. The van der Waals surface area contributed by atoms with Gasteiger partial charge in [0, 0.05) is 23.6 Å². The molecule has 102 valence electrons. The van der Waals surface area contributed by atoms with Gasteiger partial charge in [0.25, 0.3) is 5.69 Å². The van der Waals surface area contributed by atoms with Gasteiger partial charge in [-0.25, -0.2) is 0 Å². The lowest BCUT2D eigenvalue weighted by molar-refractivity contribution is -0.384. The van der Waals surface area contributed by atoms with E-state index in [9.17, 15) is 14.9 Å². The van der Waals surface area contributed by atoms with Crippen LogP contribution < -0.4 is 4.74 Å². The molecule has 2 aromatic carbocycles. The number of nitro groups is 1. The number of non-ortho nitro benzene ring substituents is 1. The topological polar surface area (TPSA) is 69.4 Å². The highest BCUT2D eigenvalue weighted by Gasteiger charge is 2.14. The highest BCUT2D eigenvalue weighted by Crippen LogP contribution is 2.25. The van der Waals surface area contributed by atoms with E-state index in [0.29, 0.717) is 16.9 Å². The zero-order valence-corrected chi connectivity index (χ0v) is 10.9. The zero-order valence-electron chi connectivity index (χ0n) is 10.9. The molecule has 0 saturated heterocycles. The molecule has 0 amide bonds. The van der Waals surface area contributed by atoms with Crippen LogP contribution in [0.1, 0.15) is 15.9 Å². The van der Waals surface area contributed by atoms with Gasteiger partial charge in [0.05, 0.1) is 18.1 Å². The number of hydrogen-bond donors (Lipinski definition) is 0. The summed E-state index contributed by atoms with van der Waals surface area (Å²) < 4.78 is 5.12. The monoisotopic (exact) mass is 271 g/mol.